The number of hydrogen-bond acceptors (Lipinski definition) is 11. The number of amides is 2. The fourth-order valence-corrected chi connectivity index (χ4v) is 15.9. The van der Waals surface area contributed by atoms with Gasteiger partial charge in [0, 0.05) is 78.6 Å². The van der Waals surface area contributed by atoms with E-state index in [4.69, 9.17) is 55.9 Å². The number of rotatable bonds is 15. The van der Waals surface area contributed by atoms with Crippen LogP contribution in [0.15, 0.2) is 155 Å². The summed E-state index contributed by atoms with van der Waals surface area (Å²) in [6.07, 6.45) is 9.79. The Kier molecular flexibility index (Phi) is 24.7. The van der Waals surface area contributed by atoms with Gasteiger partial charge >= 0.3 is 0 Å². The Morgan fingerprint density at radius 1 is 0.579 bits per heavy atom. The summed E-state index contributed by atoms with van der Waals surface area (Å²) in [4.78, 5) is 48.1. The zero-order valence-corrected chi connectivity index (χ0v) is 58.5. The lowest BCUT2D eigenvalue weighted by molar-refractivity contribution is -0.108. The van der Waals surface area contributed by atoms with E-state index in [1.165, 1.54) is 11.1 Å². The van der Waals surface area contributed by atoms with E-state index in [2.05, 4.69) is 41.4 Å². The Morgan fingerprint density at radius 2 is 1.01 bits per heavy atom. The number of likely N-dealkylation sites (tertiary alicyclic amines) is 1. The van der Waals surface area contributed by atoms with Gasteiger partial charge in [0.1, 0.15) is 29.9 Å². The first kappa shape index (κ1) is 70.6. The Bertz CT molecular complexity index is 4240. The molecule has 0 aromatic heterocycles. The minimum absolute atomic E-state index is 0.0103. The molecule has 12 rings (SSSR count). The molecule has 2 fully saturated rings. The second-order valence-electron chi connectivity index (χ2n) is 25.2. The van der Waals surface area contributed by atoms with Gasteiger partial charge in [0.25, 0.3) is 11.8 Å². The van der Waals surface area contributed by atoms with Crippen LogP contribution in [0.1, 0.15) is 130 Å². The van der Waals surface area contributed by atoms with Crippen molar-refractivity contribution in [2.45, 2.75) is 85.8 Å². The number of hydrogen-bond donors (Lipinski definition) is 1. The predicted octanol–water partition coefficient (Wildman–Crippen LogP) is 16.0. The number of piperidine rings is 2. The van der Waals surface area contributed by atoms with Crippen LogP contribution >= 0.6 is 46.4 Å². The molecule has 4 aliphatic rings. The fourth-order valence-electron chi connectivity index (χ4n) is 13.6. The second kappa shape index (κ2) is 33.2. The van der Waals surface area contributed by atoms with Gasteiger partial charge in [0.15, 0.2) is 0 Å². The number of carbonyl (C=O) groups excluding carboxylic acids is 3. The first-order valence-electron chi connectivity index (χ1n) is 32.3. The molecule has 0 unspecified atom stereocenters. The molecule has 95 heavy (non-hydrogen) atoms. The minimum Gasteiger partial charge on any atom is -0.491 e. The predicted molar refractivity (Wildman–Crippen MR) is 383 cm³/mol. The van der Waals surface area contributed by atoms with E-state index >= 15 is 0 Å². The number of carbonyl (C=O) groups is 3. The maximum Gasteiger partial charge on any atom is 0.258 e. The summed E-state index contributed by atoms with van der Waals surface area (Å²) in [7, 11) is -1.87. The molecule has 8 aromatic carbocycles. The van der Waals surface area contributed by atoms with Crippen molar-refractivity contribution in [2.75, 3.05) is 84.6 Å². The molecule has 2 amide bonds. The van der Waals surface area contributed by atoms with E-state index in [-0.39, 0.29) is 41.9 Å². The Labute approximate surface area is 582 Å². The van der Waals surface area contributed by atoms with Gasteiger partial charge in [-0.3, -0.25) is 18.0 Å². The zero-order chi connectivity index (χ0) is 67.3. The van der Waals surface area contributed by atoms with E-state index in [0.29, 0.717) is 105 Å². The number of nitriles is 2. The van der Waals surface area contributed by atoms with Gasteiger partial charge in [-0.15, -0.1) is 0 Å². The van der Waals surface area contributed by atoms with Crippen LogP contribution in [-0.2, 0) is 26.4 Å². The lowest BCUT2D eigenvalue weighted by Gasteiger charge is -2.36. The highest BCUT2D eigenvalue weighted by molar-refractivity contribution is 7.84. The second-order valence-corrected chi connectivity index (χ2v) is 29.6. The Hall–Kier alpha value is -7.15. The fraction of sp³-hybridized carbons (Fsp3) is 0.355. The van der Waals surface area contributed by atoms with Crippen LogP contribution in [0.2, 0.25) is 20.1 Å². The molecule has 4 heterocycles. The van der Waals surface area contributed by atoms with E-state index in [1.807, 2.05) is 121 Å². The molecule has 13 nitrogen and oxygen atoms in total. The van der Waals surface area contributed by atoms with Crippen molar-refractivity contribution in [3.63, 3.8) is 0 Å². The average molecular weight is 1390 g/mol. The molecule has 494 valence electrons. The summed E-state index contributed by atoms with van der Waals surface area (Å²) in [5, 5.41) is 28.1. The van der Waals surface area contributed by atoms with Gasteiger partial charge < -0.3 is 34.3 Å². The molecular formula is C76H78Cl4N6O7S2. The normalized spacial score (nSPS) is 18.4. The number of benzene rings is 8. The third-order valence-electron chi connectivity index (χ3n) is 18.5. The van der Waals surface area contributed by atoms with Gasteiger partial charge in [0.2, 0.25) is 0 Å². The molecule has 4 aliphatic heterocycles. The topological polar surface area (TPSA) is 173 Å². The van der Waals surface area contributed by atoms with Crippen molar-refractivity contribution in [3.8, 4) is 23.6 Å². The van der Waals surface area contributed by atoms with Crippen LogP contribution in [0.5, 0.6) is 11.5 Å². The van der Waals surface area contributed by atoms with Crippen LogP contribution in [0.3, 0.4) is 0 Å². The number of nitrogens with one attached hydrogen (secondary N) is 1. The number of nitrogens with zero attached hydrogens (tertiary/aromatic N) is 5. The van der Waals surface area contributed by atoms with E-state index in [0.717, 1.165) is 114 Å². The molecule has 8 aromatic rings. The third-order valence-corrected chi connectivity index (χ3v) is 21.9. The molecule has 0 saturated carbocycles. The van der Waals surface area contributed by atoms with E-state index < -0.39 is 21.6 Å². The van der Waals surface area contributed by atoms with E-state index in [1.54, 1.807) is 41.7 Å². The van der Waals surface area contributed by atoms with Gasteiger partial charge in [-0.25, -0.2) is 0 Å². The SMILES string of the molecule is C[C@H]1COc2c(C#N)cc3ccccc3c2C(=O)N(C[C@@H](CC=O)c2ccc(Cl)c(Cl)c2)C1.C[C@H]1COc2c(C#N)cc3ccccc3c2C(=O)N(C[C@@H](CCN2CCC(c3ccccc3[S@](C)=O)CC2)c2ccc(Cl)c(Cl)c2)C1.C[S@](=O)c1ccccc1C1CCNCC1. The first-order chi connectivity index (χ1) is 45.9. The number of halogens is 4. The van der Waals surface area contributed by atoms with Crippen LogP contribution in [0, 0.1) is 34.5 Å². The summed E-state index contributed by atoms with van der Waals surface area (Å²) in [5.41, 5.74) is 5.93. The summed E-state index contributed by atoms with van der Waals surface area (Å²) < 4.78 is 36.1. The molecule has 0 spiro atoms. The maximum atomic E-state index is 14.5. The van der Waals surface area contributed by atoms with Crippen molar-refractivity contribution in [1.29, 1.82) is 10.5 Å². The van der Waals surface area contributed by atoms with Crippen LogP contribution < -0.4 is 14.8 Å². The van der Waals surface area contributed by atoms with Crippen LogP contribution in [0.25, 0.3) is 21.5 Å². The average Bonchev–Trinajstić information content (AvgIpc) is 0.779. The van der Waals surface area contributed by atoms with Crippen LogP contribution in [0.4, 0.5) is 0 Å². The van der Waals surface area contributed by atoms with Crippen molar-refractivity contribution >= 4 is 108 Å². The highest BCUT2D eigenvalue weighted by Gasteiger charge is 2.34. The quantitative estimate of drug-likeness (QED) is 0.0968. The van der Waals surface area contributed by atoms with Crippen molar-refractivity contribution < 1.29 is 32.3 Å². The molecule has 0 bridgehead atoms. The largest absolute Gasteiger partial charge is 0.491 e. The standard InChI is InChI=1S/C38H39Cl2N3O3S.C26H22Cl2N2O3.C12H17NOS/c1-25-22-43(38(44)36-32-9-4-3-7-28(32)19-30(21-41)37(36)46-24-25)23-29(27-11-12-33(39)34(40)20-27)15-18-42-16-13-26(14-17-42)31-8-5-6-10-35(31)47(2)45;1-16-13-30(14-19(8-9-31)17-6-7-22(27)23(28)11-17)26(32)24-21-5-3-2-4-18(21)10-20(12-29)25(24)33-15-16;1-15(14)12-5-3-2-4-11(12)10-6-8-13-9-7-10/h3-12,19-20,25-26,29H,13-18,22-24H2,1-2H3;2-7,9-11,16,19H,8,13-15H2,1H3;2-5,10,13H,6-9H2,1H3/t25-,29-,47+;16-,19-;15-/m110/s1. The number of fused-ring (bicyclic) bond motifs is 6. The van der Waals surface area contributed by atoms with Gasteiger partial charge in [-0.2, -0.15) is 10.5 Å². The number of ether oxygens (including phenoxy) is 2. The minimum atomic E-state index is -1.01. The van der Waals surface area contributed by atoms with Crippen molar-refractivity contribution in [1.82, 2.24) is 20.0 Å². The highest BCUT2D eigenvalue weighted by Crippen LogP contribution is 2.40. The third kappa shape index (κ3) is 17.2. The van der Waals surface area contributed by atoms with Crippen molar-refractivity contribution in [2.24, 2.45) is 11.8 Å². The summed E-state index contributed by atoms with van der Waals surface area (Å²) >= 11 is 25.1. The van der Waals surface area contributed by atoms with E-state index in [9.17, 15) is 33.3 Å². The number of aldehydes is 1. The van der Waals surface area contributed by atoms with Gasteiger partial charge in [0.05, 0.1) is 77.2 Å². The monoisotopic (exact) mass is 1390 g/mol. The zero-order valence-electron chi connectivity index (χ0n) is 53.8. The molecule has 2 saturated heterocycles. The Morgan fingerprint density at radius 3 is 1.46 bits per heavy atom. The molecule has 6 atom stereocenters. The summed E-state index contributed by atoms with van der Waals surface area (Å²) in [6, 6.07) is 50.5. The first-order valence-corrected chi connectivity index (χ1v) is 36.9. The molecule has 0 radical (unpaired) electrons. The highest BCUT2D eigenvalue weighted by atomic mass is 35.5. The lowest BCUT2D eigenvalue weighted by Crippen LogP contribution is -2.42. The summed E-state index contributed by atoms with van der Waals surface area (Å²) in [5.74, 6) is 1.19. The maximum absolute atomic E-state index is 14.5. The van der Waals surface area contributed by atoms with Gasteiger partial charge in [-0.1, -0.05) is 157 Å². The smallest absolute Gasteiger partial charge is 0.258 e. The summed E-state index contributed by atoms with van der Waals surface area (Å²) in [6.45, 7) is 11.6. The molecule has 0 aliphatic carbocycles. The lowest BCUT2D eigenvalue weighted by atomic mass is 9.88. The van der Waals surface area contributed by atoms with Gasteiger partial charge in [-0.05, 0) is 169 Å². The van der Waals surface area contributed by atoms with Crippen molar-refractivity contribution in [3.05, 3.63) is 210 Å². The molecular weight excluding hydrogens is 1310 g/mol. The molecule has 1 N–H and O–H groups in total. The Balaban J connectivity index is 0.000000176. The molecule has 19 heteroatoms. The van der Waals surface area contributed by atoms with Crippen LogP contribution in [-0.4, -0.2) is 126 Å².